The van der Waals surface area contributed by atoms with Gasteiger partial charge in [0.1, 0.15) is 5.60 Å². The van der Waals surface area contributed by atoms with E-state index in [0.717, 1.165) is 56.4 Å². The van der Waals surface area contributed by atoms with Gasteiger partial charge in [0.2, 0.25) is 0 Å². The number of esters is 1. The van der Waals surface area contributed by atoms with Gasteiger partial charge in [-0.3, -0.25) is 4.68 Å². The van der Waals surface area contributed by atoms with Crippen LogP contribution in [-0.2, 0) is 16.0 Å². The van der Waals surface area contributed by atoms with Crippen molar-refractivity contribution in [1.29, 1.82) is 0 Å². The lowest BCUT2D eigenvalue weighted by atomic mass is 9.92. The molecular weight excluding hydrogens is 394 g/mol. The van der Waals surface area contributed by atoms with Gasteiger partial charge in [0.05, 0.1) is 18.9 Å². The maximum Gasteiger partial charge on any atom is 0.410 e. The molecular formula is C24H33N3O4. The number of benzene rings is 1. The molecule has 0 radical (unpaired) electrons. The quantitative estimate of drug-likeness (QED) is 0.621. The smallest absolute Gasteiger partial charge is 0.410 e. The van der Waals surface area contributed by atoms with E-state index in [2.05, 4.69) is 5.10 Å². The van der Waals surface area contributed by atoms with E-state index in [-0.39, 0.29) is 12.1 Å². The molecule has 1 amide bonds. The van der Waals surface area contributed by atoms with Gasteiger partial charge in [-0.15, -0.1) is 0 Å². The number of hydrogen-bond acceptors (Lipinski definition) is 5. The van der Waals surface area contributed by atoms with Gasteiger partial charge in [0.25, 0.3) is 0 Å². The van der Waals surface area contributed by atoms with Gasteiger partial charge in [-0.25, -0.2) is 9.59 Å². The van der Waals surface area contributed by atoms with Gasteiger partial charge in [-0.2, -0.15) is 5.10 Å². The van der Waals surface area contributed by atoms with Crippen molar-refractivity contribution in [2.45, 2.75) is 58.6 Å². The number of nitrogens with zero attached hydrogens (tertiary/aromatic N) is 3. The molecule has 1 aliphatic heterocycles. The summed E-state index contributed by atoms with van der Waals surface area (Å²) in [6.45, 7) is 8.07. The lowest BCUT2D eigenvalue weighted by Gasteiger charge is -2.33. The second-order valence-electron chi connectivity index (χ2n) is 9.12. The average molecular weight is 428 g/mol. The predicted octanol–water partition coefficient (Wildman–Crippen LogP) is 4.76. The highest BCUT2D eigenvalue weighted by Crippen LogP contribution is 2.24. The topological polar surface area (TPSA) is 73.7 Å². The summed E-state index contributed by atoms with van der Waals surface area (Å²) in [4.78, 5) is 25.7. The van der Waals surface area contributed by atoms with Gasteiger partial charge in [-0.1, -0.05) is 12.1 Å². The van der Waals surface area contributed by atoms with Crippen LogP contribution in [0.3, 0.4) is 0 Å². The SMILES string of the molecule is COC(=O)c1cccc(-c2cnn(CCCC3CCN(C(=O)OC(C)(C)C)CC3)c2)c1. The molecule has 0 unspecified atom stereocenters. The van der Waals surface area contributed by atoms with E-state index in [1.807, 2.05) is 60.9 Å². The third-order valence-corrected chi connectivity index (χ3v) is 5.52. The molecule has 1 aromatic carbocycles. The fraction of sp³-hybridized carbons (Fsp3) is 0.542. The summed E-state index contributed by atoms with van der Waals surface area (Å²) in [5.74, 6) is 0.289. The first-order valence-electron chi connectivity index (χ1n) is 10.9. The summed E-state index contributed by atoms with van der Waals surface area (Å²) >= 11 is 0. The first-order valence-corrected chi connectivity index (χ1v) is 10.9. The monoisotopic (exact) mass is 427 g/mol. The average Bonchev–Trinajstić information content (AvgIpc) is 3.21. The Morgan fingerprint density at radius 2 is 1.90 bits per heavy atom. The number of amides is 1. The molecule has 1 fully saturated rings. The zero-order valence-corrected chi connectivity index (χ0v) is 19.0. The van der Waals surface area contributed by atoms with Gasteiger partial charge in [0, 0.05) is 31.4 Å². The molecule has 0 saturated carbocycles. The highest BCUT2D eigenvalue weighted by Gasteiger charge is 2.26. The summed E-state index contributed by atoms with van der Waals surface area (Å²) < 4.78 is 12.2. The maximum absolute atomic E-state index is 12.2. The van der Waals surface area contributed by atoms with Crippen molar-refractivity contribution in [2.24, 2.45) is 5.92 Å². The normalized spacial score (nSPS) is 15.0. The Morgan fingerprint density at radius 1 is 1.16 bits per heavy atom. The molecule has 3 rings (SSSR count). The van der Waals surface area contributed by atoms with Crippen LogP contribution in [-0.4, -0.2) is 52.5 Å². The summed E-state index contributed by atoms with van der Waals surface area (Å²) in [6.07, 6.45) is 7.84. The summed E-state index contributed by atoms with van der Waals surface area (Å²) in [5, 5.41) is 4.47. The number of piperidine rings is 1. The Balaban J connectivity index is 1.44. The zero-order chi connectivity index (χ0) is 22.4. The summed E-state index contributed by atoms with van der Waals surface area (Å²) in [5.41, 5.74) is 2.02. The second-order valence-corrected chi connectivity index (χ2v) is 9.12. The maximum atomic E-state index is 12.2. The number of carbonyl (C=O) groups is 2. The molecule has 0 bridgehead atoms. The largest absolute Gasteiger partial charge is 0.465 e. The molecule has 168 valence electrons. The lowest BCUT2D eigenvalue weighted by molar-refractivity contribution is 0.0180. The molecule has 2 aromatic rings. The number of likely N-dealkylation sites (tertiary alicyclic amines) is 1. The van der Waals surface area contributed by atoms with E-state index in [1.165, 1.54) is 7.11 Å². The number of hydrogen-bond donors (Lipinski definition) is 0. The fourth-order valence-corrected chi connectivity index (χ4v) is 3.85. The van der Waals surface area contributed by atoms with Crippen LogP contribution in [0.5, 0.6) is 0 Å². The molecule has 7 heteroatoms. The molecule has 0 spiro atoms. The van der Waals surface area contributed by atoms with Crippen molar-refractivity contribution in [3.63, 3.8) is 0 Å². The molecule has 7 nitrogen and oxygen atoms in total. The van der Waals surface area contributed by atoms with Gasteiger partial charge in [0.15, 0.2) is 0 Å². The summed E-state index contributed by atoms with van der Waals surface area (Å²) in [6, 6.07) is 7.38. The Bertz CT molecular complexity index is 892. The van der Waals surface area contributed by atoms with Crippen molar-refractivity contribution in [3.05, 3.63) is 42.2 Å². The molecule has 31 heavy (non-hydrogen) atoms. The highest BCUT2D eigenvalue weighted by molar-refractivity contribution is 5.90. The minimum atomic E-state index is -0.447. The number of aryl methyl sites for hydroxylation is 1. The summed E-state index contributed by atoms with van der Waals surface area (Å²) in [7, 11) is 1.38. The molecule has 0 atom stereocenters. The number of methoxy groups -OCH3 is 1. The van der Waals surface area contributed by atoms with E-state index >= 15 is 0 Å². The van der Waals surface area contributed by atoms with E-state index in [9.17, 15) is 9.59 Å². The molecule has 1 aromatic heterocycles. The Morgan fingerprint density at radius 3 is 2.58 bits per heavy atom. The molecule has 0 aliphatic carbocycles. The molecule has 1 aliphatic rings. The van der Waals surface area contributed by atoms with Crippen LogP contribution in [0.15, 0.2) is 36.7 Å². The first-order chi connectivity index (χ1) is 14.7. The number of carbonyl (C=O) groups excluding carboxylic acids is 2. The Hall–Kier alpha value is -2.83. The van der Waals surface area contributed by atoms with Crippen LogP contribution in [0.1, 0.15) is 56.8 Å². The van der Waals surface area contributed by atoms with Crippen LogP contribution in [0, 0.1) is 5.92 Å². The van der Waals surface area contributed by atoms with Crippen LogP contribution in [0.4, 0.5) is 4.79 Å². The lowest BCUT2D eigenvalue weighted by Crippen LogP contribution is -2.41. The standard InChI is InChI=1S/C24H33N3O4/c1-24(2,3)31-23(29)26-13-10-18(11-14-26)7-6-12-27-17-21(16-25-27)19-8-5-9-20(15-19)22(28)30-4/h5,8-9,15-18H,6-7,10-14H2,1-4H3. The van der Waals surface area contributed by atoms with E-state index < -0.39 is 5.60 Å². The third-order valence-electron chi connectivity index (χ3n) is 5.52. The third kappa shape index (κ3) is 6.57. The fourth-order valence-electron chi connectivity index (χ4n) is 3.85. The van der Waals surface area contributed by atoms with Crippen molar-refractivity contribution < 1.29 is 19.1 Å². The molecule has 0 N–H and O–H groups in total. The van der Waals surface area contributed by atoms with Gasteiger partial charge >= 0.3 is 12.1 Å². The van der Waals surface area contributed by atoms with Crippen molar-refractivity contribution in [3.8, 4) is 11.1 Å². The number of aromatic nitrogens is 2. The zero-order valence-electron chi connectivity index (χ0n) is 19.0. The van der Waals surface area contributed by atoms with Crippen LogP contribution < -0.4 is 0 Å². The van der Waals surface area contributed by atoms with E-state index in [4.69, 9.17) is 9.47 Å². The second kappa shape index (κ2) is 9.98. The first kappa shape index (κ1) is 22.8. The molecule has 2 heterocycles. The minimum Gasteiger partial charge on any atom is -0.465 e. The van der Waals surface area contributed by atoms with Crippen LogP contribution in [0.25, 0.3) is 11.1 Å². The minimum absolute atomic E-state index is 0.203. The van der Waals surface area contributed by atoms with Gasteiger partial charge in [-0.05, 0) is 70.1 Å². The van der Waals surface area contributed by atoms with E-state index in [1.54, 1.807) is 6.07 Å². The van der Waals surface area contributed by atoms with Crippen molar-refractivity contribution in [1.82, 2.24) is 14.7 Å². The van der Waals surface area contributed by atoms with E-state index in [0.29, 0.717) is 11.5 Å². The van der Waals surface area contributed by atoms with Crippen LogP contribution >= 0.6 is 0 Å². The number of rotatable bonds is 6. The Labute approximate surface area is 184 Å². The van der Waals surface area contributed by atoms with Crippen molar-refractivity contribution >= 4 is 12.1 Å². The highest BCUT2D eigenvalue weighted by atomic mass is 16.6. The predicted molar refractivity (Wildman–Crippen MR) is 119 cm³/mol. The number of ether oxygens (including phenoxy) is 2. The van der Waals surface area contributed by atoms with Crippen LogP contribution in [0.2, 0.25) is 0 Å². The molecule has 1 saturated heterocycles. The Kier molecular flexibility index (Phi) is 7.36. The van der Waals surface area contributed by atoms with Crippen molar-refractivity contribution in [2.75, 3.05) is 20.2 Å². The van der Waals surface area contributed by atoms with Gasteiger partial charge < -0.3 is 14.4 Å².